The Morgan fingerprint density at radius 1 is 1.20 bits per heavy atom. The zero-order valence-corrected chi connectivity index (χ0v) is 14.0. The van der Waals surface area contributed by atoms with Gasteiger partial charge >= 0.3 is 0 Å². The maximum atomic E-state index is 3.53. The standard InChI is InChI=1S/C18H32N2/c1-6-12-18(4,14-19-7-2)15-20(5)13-17-11-9-8-10-16(17)3/h8-11,19H,6-7,12-15H2,1-5H3. The minimum Gasteiger partial charge on any atom is -0.316 e. The van der Waals surface area contributed by atoms with Crippen molar-refractivity contribution in [2.75, 3.05) is 26.7 Å². The molecule has 20 heavy (non-hydrogen) atoms. The highest BCUT2D eigenvalue weighted by molar-refractivity contribution is 5.25. The van der Waals surface area contributed by atoms with E-state index in [9.17, 15) is 0 Å². The lowest BCUT2D eigenvalue weighted by atomic mass is 9.84. The molecule has 1 N–H and O–H groups in total. The molecule has 0 aliphatic carbocycles. The van der Waals surface area contributed by atoms with E-state index in [-0.39, 0.29) is 0 Å². The Kier molecular flexibility index (Phi) is 7.25. The average Bonchev–Trinajstić information content (AvgIpc) is 2.39. The predicted octanol–water partition coefficient (Wildman–Crippen LogP) is 3.84. The van der Waals surface area contributed by atoms with Crippen molar-refractivity contribution >= 4 is 0 Å². The van der Waals surface area contributed by atoms with Gasteiger partial charge in [0.25, 0.3) is 0 Å². The van der Waals surface area contributed by atoms with Crippen molar-refractivity contribution in [1.29, 1.82) is 0 Å². The van der Waals surface area contributed by atoms with Gasteiger partial charge in [-0.05, 0) is 43.5 Å². The fraction of sp³-hybridized carbons (Fsp3) is 0.667. The number of aryl methyl sites for hydroxylation is 1. The SMILES string of the molecule is CCCC(C)(CNCC)CN(C)Cc1ccccc1C. The first-order valence-corrected chi connectivity index (χ1v) is 7.94. The van der Waals surface area contributed by atoms with E-state index in [4.69, 9.17) is 0 Å². The normalized spacial score (nSPS) is 14.5. The average molecular weight is 276 g/mol. The van der Waals surface area contributed by atoms with E-state index >= 15 is 0 Å². The minimum atomic E-state index is 0.363. The first-order chi connectivity index (χ1) is 9.50. The van der Waals surface area contributed by atoms with Gasteiger partial charge in [-0.25, -0.2) is 0 Å². The Bertz CT molecular complexity index is 389. The molecule has 0 fully saturated rings. The van der Waals surface area contributed by atoms with Crippen LogP contribution in [0.3, 0.4) is 0 Å². The Balaban J connectivity index is 2.61. The molecule has 1 unspecified atom stereocenters. The molecule has 0 aliphatic rings. The molecule has 0 spiro atoms. The third-order valence-corrected chi connectivity index (χ3v) is 4.01. The van der Waals surface area contributed by atoms with Gasteiger partial charge < -0.3 is 10.2 Å². The summed E-state index contributed by atoms with van der Waals surface area (Å²) < 4.78 is 0. The fourth-order valence-corrected chi connectivity index (χ4v) is 3.04. The van der Waals surface area contributed by atoms with Crippen molar-refractivity contribution in [1.82, 2.24) is 10.2 Å². The second-order valence-electron chi connectivity index (χ2n) is 6.44. The first kappa shape index (κ1) is 17.2. The number of hydrogen-bond donors (Lipinski definition) is 1. The third-order valence-electron chi connectivity index (χ3n) is 4.01. The molecule has 0 saturated heterocycles. The highest BCUT2D eigenvalue weighted by Gasteiger charge is 2.24. The van der Waals surface area contributed by atoms with Gasteiger partial charge in [0.1, 0.15) is 0 Å². The first-order valence-electron chi connectivity index (χ1n) is 7.94. The van der Waals surface area contributed by atoms with Crippen molar-refractivity contribution in [3.05, 3.63) is 35.4 Å². The fourth-order valence-electron chi connectivity index (χ4n) is 3.04. The van der Waals surface area contributed by atoms with Crippen LogP contribution in [0.5, 0.6) is 0 Å². The molecule has 2 nitrogen and oxygen atoms in total. The van der Waals surface area contributed by atoms with Gasteiger partial charge in [0, 0.05) is 19.6 Å². The van der Waals surface area contributed by atoms with Crippen molar-refractivity contribution in [2.24, 2.45) is 5.41 Å². The van der Waals surface area contributed by atoms with Crippen LogP contribution < -0.4 is 5.32 Å². The van der Waals surface area contributed by atoms with Crippen LogP contribution in [-0.2, 0) is 6.54 Å². The van der Waals surface area contributed by atoms with Crippen molar-refractivity contribution in [3.63, 3.8) is 0 Å². The lowest BCUT2D eigenvalue weighted by Crippen LogP contribution is -2.40. The highest BCUT2D eigenvalue weighted by Crippen LogP contribution is 2.24. The van der Waals surface area contributed by atoms with E-state index in [1.807, 2.05) is 0 Å². The minimum absolute atomic E-state index is 0.363. The molecule has 0 radical (unpaired) electrons. The molecule has 114 valence electrons. The molecule has 1 atom stereocenters. The van der Waals surface area contributed by atoms with E-state index in [1.165, 1.54) is 24.0 Å². The molecule has 0 aromatic heterocycles. The van der Waals surface area contributed by atoms with Gasteiger partial charge in [-0.2, -0.15) is 0 Å². The van der Waals surface area contributed by atoms with E-state index in [2.05, 4.69) is 69.2 Å². The molecule has 2 heteroatoms. The molecule has 0 bridgehead atoms. The molecule has 0 aliphatic heterocycles. The van der Waals surface area contributed by atoms with Crippen molar-refractivity contribution in [2.45, 2.75) is 47.1 Å². The van der Waals surface area contributed by atoms with Crippen LogP contribution in [-0.4, -0.2) is 31.6 Å². The summed E-state index contributed by atoms with van der Waals surface area (Å²) in [5.74, 6) is 0. The number of nitrogens with zero attached hydrogens (tertiary/aromatic N) is 1. The van der Waals surface area contributed by atoms with Gasteiger partial charge in [0.2, 0.25) is 0 Å². The largest absolute Gasteiger partial charge is 0.316 e. The Morgan fingerprint density at radius 2 is 1.90 bits per heavy atom. The molecule has 1 rings (SSSR count). The summed E-state index contributed by atoms with van der Waals surface area (Å²) in [7, 11) is 2.24. The van der Waals surface area contributed by atoms with E-state index in [0.717, 1.165) is 26.2 Å². The molecule has 1 aromatic carbocycles. The number of benzene rings is 1. The highest BCUT2D eigenvalue weighted by atomic mass is 15.1. The molecule has 0 amide bonds. The van der Waals surface area contributed by atoms with Gasteiger partial charge in [-0.15, -0.1) is 0 Å². The van der Waals surface area contributed by atoms with Crippen LogP contribution in [0.1, 0.15) is 44.7 Å². The lowest BCUT2D eigenvalue weighted by molar-refractivity contribution is 0.169. The quantitative estimate of drug-likeness (QED) is 0.737. The maximum Gasteiger partial charge on any atom is 0.0233 e. The van der Waals surface area contributed by atoms with Gasteiger partial charge in [0.05, 0.1) is 0 Å². The van der Waals surface area contributed by atoms with Crippen LogP contribution in [0.15, 0.2) is 24.3 Å². The maximum absolute atomic E-state index is 3.53. The molecular formula is C18H32N2. The van der Waals surface area contributed by atoms with Crippen molar-refractivity contribution < 1.29 is 0 Å². The summed E-state index contributed by atoms with van der Waals surface area (Å²) in [6.45, 7) is 13.4. The summed E-state index contributed by atoms with van der Waals surface area (Å²) in [5, 5.41) is 3.53. The summed E-state index contributed by atoms with van der Waals surface area (Å²) in [6.07, 6.45) is 2.53. The van der Waals surface area contributed by atoms with E-state index in [1.54, 1.807) is 0 Å². The molecule has 0 heterocycles. The molecule has 1 aromatic rings. The second-order valence-corrected chi connectivity index (χ2v) is 6.44. The van der Waals surface area contributed by atoms with Gasteiger partial charge in [0.15, 0.2) is 0 Å². The third kappa shape index (κ3) is 5.64. The topological polar surface area (TPSA) is 15.3 Å². The summed E-state index contributed by atoms with van der Waals surface area (Å²) in [6, 6.07) is 8.70. The lowest BCUT2D eigenvalue weighted by Gasteiger charge is -2.34. The monoisotopic (exact) mass is 276 g/mol. The predicted molar refractivity (Wildman–Crippen MR) is 89.1 cm³/mol. The van der Waals surface area contributed by atoms with Crippen LogP contribution in [0, 0.1) is 12.3 Å². The Hall–Kier alpha value is -0.860. The number of rotatable bonds is 9. The van der Waals surface area contributed by atoms with E-state index < -0.39 is 0 Å². The van der Waals surface area contributed by atoms with Crippen LogP contribution in [0.2, 0.25) is 0 Å². The zero-order chi connectivity index (χ0) is 15.0. The Labute approximate surface area is 125 Å². The van der Waals surface area contributed by atoms with E-state index in [0.29, 0.717) is 5.41 Å². The summed E-state index contributed by atoms with van der Waals surface area (Å²) in [4.78, 5) is 2.47. The Morgan fingerprint density at radius 3 is 2.50 bits per heavy atom. The molecular weight excluding hydrogens is 244 g/mol. The number of nitrogens with one attached hydrogen (secondary N) is 1. The second kappa shape index (κ2) is 8.43. The van der Waals surface area contributed by atoms with Crippen LogP contribution in [0.4, 0.5) is 0 Å². The molecule has 0 saturated carbocycles. The van der Waals surface area contributed by atoms with Gasteiger partial charge in [-0.3, -0.25) is 0 Å². The summed E-state index contributed by atoms with van der Waals surface area (Å²) in [5.41, 5.74) is 3.20. The zero-order valence-electron chi connectivity index (χ0n) is 14.0. The number of hydrogen-bond acceptors (Lipinski definition) is 2. The van der Waals surface area contributed by atoms with Crippen LogP contribution >= 0.6 is 0 Å². The van der Waals surface area contributed by atoms with Gasteiger partial charge in [-0.1, -0.05) is 51.5 Å². The smallest absolute Gasteiger partial charge is 0.0233 e. The summed E-state index contributed by atoms with van der Waals surface area (Å²) >= 11 is 0. The van der Waals surface area contributed by atoms with Crippen LogP contribution in [0.25, 0.3) is 0 Å². The van der Waals surface area contributed by atoms with Crippen molar-refractivity contribution in [3.8, 4) is 0 Å².